The summed E-state index contributed by atoms with van der Waals surface area (Å²) < 4.78 is 81.3. The molecular weight excluding hydrogens is 539 g/mol. The number of sulfonamides is 1. The Morgan fingerprint density at radius 3 is 2.57 bits per heavy atom. The number of halogens is 4. The van der Waals surface area contributed by atoms with Crippen LogP contribution >= 0.6 is 11.6 Å². The summed E-state index contributed by atoms with van der Waals surface area (Å²) in [5.74, 6) is -0.988. The molecule has 0 bridgehead atoms. The first-order chi connectivity index (χ1) is 17.5. The van der Waals surface area contributed by atoms with Crippen LogP contribution in [0, 0.1) is 0 Å². The second kappa shape index (κ2) is 12.0. The predicted octanol–water partition coefficient (Wildman–Crippen LogP) is 4.48. The van der Waals surface area contributed by atoms with Crippen molar-refractivity contribution in [2.75, 3.05) is 20.3 Å². The molecule has 0 aliphatic carbocycles. The molecule has 37 heavy (non-hydrogen) atoms. The molecule has 0 fully saturated rings. The number of benzene rings is 1. The summed E-state index contributed by atoms with van der Waals surface area (Å²) >= 11 is 5.95. The Bertz CT molecular complexity index is 1390. The molecule has 0 saturated heterocycles. The van der Waals surface area contributed by atoms with E-state index in [1.807, 2.05) is 4.72 Å². The highest BCUT2D eigenvalue weighted by atomic mass is 35.5. The van der Waals surface area contributed by atoms with Crippen LogP contribution in [-0.4, -0.2) is 44.6 Å². The van der Waals surface area contributed by atoms with Gasteiger partial charge in [-0.1, -0.05) is 17.7 Å². The van der Waals surface area contributed by atoms with Crippen molar-refractivity contribution in [3.63, 3.8) is 0 Å². The van der Waals surface area contributed by atoms with E-state index in [0.717, 1.165) is 6.08 Å². The molecular formula is C23H19ClF3N3O6S. The first-order valence-corrected chi connectivity index (χ1v) is 12.2. The number of aromatic nitrogens is 2. The van der Waals surface area contributed by atoms with Crippen LogP contribution in [0.3, 0.4) is 0 Å². The number of amides is 1. The normalized spacial score (nSPS) is 11.9. The summed E-state index contributed by atoms with van der Waals surface area (Å²) in [5, 5.41) is -0.754. The molecule has 2 aromatic heterocycles. The molecule has 1 amide bonds. The highest BCUT2D eigenvalue weighted by molar-refractivity contribution is 7.90. The van der Waals surface area contributed by atoms with Crippen molar-refractivity contribution >= 4 is 33.6 Å². The first-order valence-electron chi connectivity index (χ1n) is 10.3. The number of alkyl halides is 3. The third-order valence-electron chi connectivity index (χ3n) is 4.44. The fraction of sp³-hybridized carbons (Fsp3) is 0.174. The van der Waals surface area contributed by atoms with Gasteiger partial charge in [0.15, 0.2) is 5.03 Å². The molecule has 3 aromatic rings. The van der Waals surface area contributed by atoms with E-state index in [9.17, 15) is 26.4 Å². The van der Waals surface area contributed by atoms with Crippen molar-refractivity contribution in [2.45, 2.75) is 11.2 Å². The van der Waals surface area contributed by atoms with E-state index in [-0.39, 0.29) is 35.4 Å². The van der Waals surface area contributed by atoms with Gasteiger partial charge < -0.3 is 14.2 Å². The van der Waals surface area contributed by atoms with Crippen molar-refractivity contribution < 1.29 is 40.6 Å². The van der Waals surface area contributed by atoms with Crippen LogP contribution < -0.4 is 14.2 Å². The van der Waals surface area contributed by atoms with Gasteiger partial charge in [0.1, 0.15) is 23.1 Å². The molecule has 1 aromatic carbocycles. The van der Waals surface area contributed by atoms with Crippen LogP contribution in [0.2, 0.25) is 5.02 Å². The van der Waals surface area contributed by atoms with Crippen LogP contribution in [0.5, 0.6) is 17.4 Å². The Kier molecular flexibility index (Phi) is 9.08. The van der Waals surface area contributed by atoms with Gasteiger partial charge in [-0.05, 0) is 36.4 Å². The van der Waals surface area contributed by atoms with E-state index >= 15 is 0 Å². The molecule has 2 heterocycles. The Hall–Kier alpha value is -3.68. The van der Waals surface area contributed by atoms with Crippen LogP contribution in [0.1, 0.15) is 11.1 Å². The quantitative estimate of drug-likeness (QED) is 0.286. The highest BCUT2D eigenvalue weighted by Crippen LogP contribution is 2.36. The lowest BCUT2D eigenvalue weighted by Crippen LogP contribution is -2.29. The van der Waals surface area contributed by atoms with Crippen molar-refractivity contribution in [2.24, 2.45) is 0 Å². The van der Waals surface area contributed by atoms with Crippen LogP contribution in [-0.2, 0) is 25.7 Å². The lowest BCUT2D eigenvalue weighted by molar-refractivity contribution is -0.137. The summed E-state index contributed by atoms with van der Waals surface area (Å²) in [6.45, 7) is 0.479. The standard InChI is InChI=1S/C23H19ClF3N3O6S/c1-34-10-11-35-17-7-5-15(6-8-20(31)30-37(32,33)21-4-2-3-9-28-21)19(13-17)36-22-18(24)12-16(14-29-22)23(25,26)27/h2-9,12-14H,10-11H2,1H3,(H,30,31). The number of nitrogens with one attached hydrogen (secondary N) is 1. The van der Waals surface area contributed by atoms with Gasteiger partial charge in [0.25, 0.3) is 15.9 Å². The summed E-state index contributed by atoms with van der Waals surface area (Å²) in [7, 11) is -2.72. The Morgan fingerprint density at radius 2 is 1.92 bits per heavy atom. The third-order valence-corrected chi connectivity index (χ3v) is 5.98. The topological polar surface area (TPSA) is 117 Å². The maximum atomic E-state index is 12.9. The second-order valence-corrected chi connectivity index (χ2v) is 9.16. The molecule has 3 rings (SSSR count). The monoisotopic (exact) mass is 557 g/mol. The van der Waals surface area contributed by atoms with Crippen LogP contribution in [0.4, 0.5) is 13.2 Å². The van der Waals surface area contributed by atoms with Crippen molar-refractivity contribution in [1.82, 2.24) is 14.7 Å². The molecule has 0 saturated carbocycles. The predicted molar refractivity (Wildman–Crippen MR) is 127 cm³/mol. The van der Waals surface area contributed by atoms with Crippen LogP contribution in [0.15, 0.2) is 66.0 Å². The second-order valence-electron chi connectivity index (χ2n) is 7.12. The number of hydrogen-bond donors (Lipinski definition) is 1. The summed E-state index contributed by atoms with van der Waals surface area (Å²) in [4.78, 5) is 19.6. The number of methoxy groups -OCH3 is 1. The first kappa shape index (κ1) is 27.9. The third kappa shape index (κ3) is 7.90. The zero-order valence-electron chi connectivity index (χ0n) is 19.0. The zero-order valence-corrected chi connectivity index (χ0v) is 20.6. The SMILES string of the molecule is COCCOc1ccc(C=CC(=O)NS(=O)(=O)c2ccccn2)c(Oc2ncc(C(F)(F)F)cc2Cl)c1. The molecule has 0 atom stereocenters. The van der Waals surface area contributed by atoms with Gasteiger partial charge >= 0.3 is 6.18 Å². The molecule has 0 aliphatic heterocycles. The van der Waals surface area contributed by atoms with E-state index < -0.39 is 32.7 Å². The maximum absolute atomic E-state index is 12.9. The number of nitrogens with zero attached hydrogens (tertiary/aromatic N) is 2. The Labute approximate surface area is 214 Å². The van der Waals surface area contributed by atoms with Gasteiger partial charge in [0.2, 0.25) is 5.88 Å². The van der Waals surface area contributed by atoms with Gasteiger partial charge in [-0.3, -0.25) is 4.79 Å². The summed E-state index contributed by atoms with van der Waals surface area (Å²) in [5.41, 5.74) is -0.824. The number of ether oxygens (including phenoxy) is 3. The average Bonchev–Trinajstić information content (AvgIpc) is 2.84. The minimum absolute atomic E-state index is 0.0145. The largest absolute Gasteiger partial charge is 0.491 e. The van der Waals surface area contributed by atoms with E-state index in [1.165, 1.54) is 55.8 Å². The number of rotatable bonds is 10. The number of hydrogen-bond acceptors (Lipinski definition) is 8. The minimum atomic E-state index is -4.65. The minimum Gasteiger partial charge on any atom is -0.491 e. The zero-order chi connectivity index (χ0) is 27.1. The lowest BCUT2D eigenvalue weighted by Gasteiger charge is -2.13. The molecule has 0 spiro atoms. The van der Waals surface area contributed by atoms with Gasteiger partial charge in [0.05, 0.1) is 12.2 Å². The van der Waals surface area contributed by atoms with Crippen LogP contribution in [0.25, 0.3) is 6.08 Å². The van der Waals surface area contributed by atoms with Crippen molar-refractivity contribution in [1.29, 1.82) is 0 Å². The molecule has 1 N–H and O–H groups in total. The molecule has 0 unspecified atom stereocenters. The summed E-state index contributed by atoms with van der Waals surface area (Å²) in [6, 6.07) is 9.25. The van der Waals surface area contributed by atoms with Gasteiger partial charge in [-0.2, -0.15) is 21.6 Å². The number of pyridine rings is 2. The van der Waals surface area contributed by atoms with Gasteiger partial charge in [-0.25, -0.2) is 14.7 Å². The lowest BCUT2D eigenvalue weighted by atomic mass is 10.1. The molecule has 196 valence electrons. The smallest absolute Gasteiger partial charge is 0.417 e. The number of carbonyl (C=O) groups is 1. The molecule has 0 radical (unpaired) electrons. The van der Waals surface area contributed by atoms with E-state index in [2.05, 4.69) is 9.97 Å². The average molecular weight is 558 g/mol. The fourth-order valence-corrected chi connectivity index (χ4v) is 3.82. The van der Waals surface area contributed by atoms with Gasteiger partial charge in [0, 0.05) is 37.2 Å². The van der Waals surface area contributed by atoms with Crippen molar-refractivity contribution in [3.05, 3.63) is 77.1 Å². The Balaban J connectivity index is 1.86. The van der Waals surface area contributed by atoms with Gasteiger partial charge in [-0.15, -0.1) is 0 Å². The van der Waals surface area contributed by atoms with E-state index in [4.69, 9.17) is 25.8 Å². The van der Waals surface area contributed by atoms with E-state index in [0.29, 0.717) is 18.0 Å². The van der Waals surface area contributed by atoms with Crippen molar-refractivity contribution in [3.8, 4) is 17.4 Å². The maximum Gasteiger partial charge on any atom is 0.417 e. The van der Waals surface area contributed by atoms with E-state index in [1.54, 1.807) is 0 Å². The molecule has 9 nitrogen and oxygen atoms in total. The summed E-state index contributed by atoms with van der Waals surface area (Å²) in [6.07, 6.45) is -0.673. The molecule has 14 heteroatoms. The number of carbonyl (C=O) groups excluding carboxylic acids is 1. The highest BCUT2D eigenvalue weighted by Gasteiger charge is 2.32. The molecule has 0 aliphatic rings. The fourth-order valence-electron chi connectivity index (χ4n) is 2.72. The Morgan fingerprint density at radius 1 is 1.14 bits per heavy atom.